The molecule has 2 unspecified atom stereocenters. The highest BCUT2D eigenvalue weighted by Crippen LogP contribution is 2.27. The lowest BCUT2D eigenvalue weighted by Gasteiger charge is -2.16. The van der Waals surface area contributed by atoms with Crippen LogP contribution in [0.25, 0.3) is 0 Å². The van der Waals surface area contributed by atoms with Crippen LogP contribution in [-0.2, 0) is 11.2 Å². The highest BCUT2D eigenvalue weighted by Gasteiger charge is 2.21. The van der Waals surface area contributed by atoms with Gasteiger partial charge in [0.15, 0.2) is 0 Å². The lowest BCUT2D eigenvalue weighted by atomic mass is 10.0. The molecule has 0 radical (unpaired) electrons. The monoisotopic (exact) mass is 222 g/mol. The number of aliphatic hydroxyl groups excluding tert-OH is 2. The molecule has 5 heteroatoms. The first-order valence-corrected chi connectivity index (χ1v) is 5.10. The van der Waals surface area contributed by atoms with E-state index in [0.29, 0.717) is 12.0 Å². The summed E-state index contributed by atoms with van der Waals surface area (Å²) in [6.07, 6.45) is -1.68. The fourth-order valence-electron chi connectivity index (χ4n) is 1.78. The third-order valence-electron chi connectivity index (χ3n) is 2.70. The van der Waals surface area contributed by atoms with Crippen LogP contribution in [0.1, 0.15) is 17.2 Å². The van der Waals surface area contributed by atoms with E-state index in [4.69, 9.17) is 5.73 Å². The van der Waals surface area contributed by atoms with Crippen LogP contribution in [0.4, 0.5) is 5.69 Å². The third kappa shape index (κ3) is 1.92. The molecule has 0 fully saturated rings. The van der Waals surface area contributed by atoms with Gasteiger partial charge in [0.25, 0.3) is 0 Å². The van der Waals surface area contributed by atoms with Crippen LogP contribution in [0.2, 0.25) is 0 Å². The zero-order chi connectivity index (χ0) is 11.7. The fourth-order valence-corrected chi connectivity index (χ4v) is 1.78. The molecule has 5 nitrogen and oxygen atoms in total. The summed E-state index contributed by atoms with van der Waals surface area (Å²) in [4.78, 5) is 11.1. The molecule has 86 valence electrons. The largest absolute Gasteiger partial charge is 0.389 e. The van der Waals surface area contributed by atoms with E-state index in [1.54, 1.807) is 18.2 Å². The van der Waals surface area contributed by atoms with Gasteiger partial charge < -0.3 is 21.3 Å². The first-order chi connectivity index (χ1) is 7.61. The molecule has 2 rings (SSSR count). The number of carbonyl (C=O) groups is 1. The lowest BCUT2D eigenvalue weighted by Crippen LogP contribution is -2.27. The van der Waals surface area contributed by atoms with E-state index in [1.165, 1.54) is 0 Å². The van der Waals surface area contributed by atoms with Crippen LogP contribution < -0.4 is 11.1 Å². The summed E-state index contributed by atoms with van der Waals surface area (Å²) >= 11 is 0. The van der Waals surface area contributed by atoms with Gasteiger partial charge in [0.05, 0.1) is 12.5 Å². The van der Waals surface area contributed by atoms with E-state index in [1.807, 2.05) is 0 Å². The van der Waals surface area contributed by atoms with E-state index in [2.05, 4.69) is 5.32 Å². The Balaban J connectivity index is 2.25. The molecule has 0 bridgehead atoms. The zero-order valence-electron chi connectivity index (χ0n) is 8.68. The molecular formula is C11H14N2O3. The summed E-state index contributed by atoms with van der Waals surface area (Å²) in [6.45, 7) is -0.00453. The van der Waals surface area contributed by atoms with Crippen molar-refractivity contribution in [1.29, 1.82) is 0 Å². The number of nitrogens with one attached hydrogen (secondary N) is 1. The van der Waals surface area contributed by atoms with Crippen molar-refractivity contribution < 1.29 is 15.0 Å². The summed E-state index contributed by atoms with van der Waals surface area (Å²) in [5.74, 6) is -0.0546. The van der Waals surface area contributed by atoms with E-state index in [-0.39, 0.29) is 12.5 Å². The van der Waals surface area contributed by atoms with Gasteiger partial charge in [0.2, 0.25) is 5.91 Å². The average Bonchev–Trinajstić information content (AvgIpc) is 2.65. The summed E-state index contributed by atoms with van der Waals surface area (Å²) in [7, 11) is 0. The second-order valence-electron chi connectivity index (χ2n) is 3.89. The quantitative estimate of drug-likeness (QED) is 0.556. The topological polar surface area (TPSA) is 95.6 Å². The van der Waals surface area contributed by atoms with Gasteiger partial charge in [-0.3, -0.25) is 4.79 Å². The predicted molar refractivity (Wildman–Crippen MR) is 58.8 cm³/mol. The minimum atomic E-state index is -1.01. The van der Waals surface area contributed by atoms with Crippen LogP contribution in [0, 0.1) is 0 Å². The summed E-state index contributed by atoms with van der Waals surface area (Å²) < 4.78 is 0. The van der Waals surface area contributed by atoms with E-state index in [9.17, 15) is 15.0 Å². The molecular weight excluding hydrogens is 208 g/mol. The van der Waals surface area contributed by atoms with E-state index < -0.39 is 12.2 Å². The Morgan fingerprint density at radius 3 is 2.88 bits per heavy atom. The van der Waals surface area contributed by atoms with Gasteiger partial charge in [-0.1, -0.05) is 12.1 Å². The van der Waals surface area contributed by atoms with Gasteiger partial charge in [-0.25, -0.2) is 0 Å². The summed E-state index contributed by atoms with van der Waals surface area (Å²) in [6, 6.07) is 5.12. The normalized spacial score (nSPS) is 17.8. The maximum absolute atomic E-state index is 11.1. The number of nitrogens with two attached hydrogens (primary N) is 1. The van der Waals surface area contributed by atoms with Crippen LogP contribution in [0.3, 0.4) is 0 Å². The molecule has 2 atom stereocenters. The Bertz CT molecular complexity index is 420. The Labute approximate surface area is 92.9 Å². The van der Waals surface area contributed by atoms with Crippen LogP contribution in [0.5, 0.6) is 0 Å². The van der Waals surface area contributed by atoms with Crippen molar-refractivity contribution in [3.63, 3.8) is 0 Å². The van der Waals surface area contributed by atoms with Crippen LogP contribution >= 0.6 is 0 Å². The van der Waals surface area contributed by atoms with Crippen molar-refractivity contribution in [1.82, 2.24) is 0 Å². The van der Waals surface area contributed by atoms with E-state index >= 15 is 0 Å². The van der Waals surface area contributed by atoms with Crippen molar-refractivity contribution in [2.24, 2.45) is 5.73 Å². The van der Waals surface area contributed by atoms with Gasteiger partial charge in [-0.05, 0) is 17.2 Å². The molecule has 0 saturated heterocycles. The number of rotatable bonds is 3. The minimum absolute atomic E-state index is 0.00453. The number of benzene rings is 1. The second-order valence-corrected chi connectivity index (χ2v) is 3.89. The smallest absolute Gasteiger partial charge is 0.228 e. The number of hydrogen-bond acceptors (Lipinski definition) is 4. The van der Waals surface area contributed by atoms with Crippen molar-refractivity contribution in [2.45, 2.75) is 18.6 Å². The fraction of sp³-hybridized carbons (Fsp3) is 0.364. The van der Waals surface area contributed by atoms with Crippen LogP contribution in [0.15, 0.2) is 18.2 Å². The summed E-state index contributed by atoms with van der Waals surface area (Å²) in [5, 5.41) is 21.9. The minimum Gasteiger partial charge on any atom is -0.389 e. The van der Waals surface area contributed by atoms with Crippen molar-refractivity contribution >= 4 is 11.6 Å². The number of hydrogen-bond donors (Lipinski definition) is 4. The van der Waals surface area contributed by atoms with Crippen molar-refractivity contribution in [2.75, 3.05) is 11.9 Å². The molecule has 0 aromatic heterocycles. The van der Waals surface area contributed by atoms with Crippen molar-refractivity contribution in [3.8, 4) is 0 Å². The highest BCUT2D eigenvalue weighted by atomic mass is 16.3. The van der Waals surface area contributed by atoms with E-state index in [0.717, 1.165) is 11.3 Å². The maximum atomic E-state index is 11.1. The number of amides is 1. The first-order valence-electron chi connectivity index (χ1n) is 5.10. The SMILES string of the molecule is NCC(O)C(O)c1ccc2c(c1)CC(=O)N2. The number of aliphatic hydroxyl groups is 2. The van der Waals surface area contributed by atoms with Crippen LogP contribution in [-0.4, -0.2) is 28.8 Å². The first kappa shape index (κ1) is 11.1. The molecule has 1 aliphatic heterocycles. The van der Waals surface area contributed by atoms with Gasteiger partial charge in [0, 0.05) is 12.2 Å². The molecule has 0 saturated carbocycles. The molecule has 1 amide bonds. The molecule has 0 aliphatic carbocycles. The van der Waals surface area contributed by atoms with Gasteiger partial charge in [0.1, 0.15) is 6.10 Å². The highest BCUT2D eigenvalue weighted by molar-refractivity contribution is 5.99. The number of fused-ring (bicyclic) bond motifs is 1. The number of anilines is 1. The lowest BCUT2D eigenvalue weighted by molar-refractivity contribution is -0.115. The van der Waals surface area contributed by atoms with Gasteiger partial charge in [-0.2, -0.15) is 0 Å². The Morgan fingerprint density at radius 2 is 2.19 bits per heavy atom. The molecule has 0 spiro atoms. The average molecular weight is 222 g/mol. The molecule has 1 aromatic carbocycles. The molecule has 5 N–H and O–H groups in total. The maximum Gasteiger partial charge on any atom is 0.228 e. The standard InChI is InChI=1S/C11H14N2O3/c12-5-9(14)11(16)6-1-2-8-7(3-6)4-10(15)13-8/h1-3,9,11,14,16H,4-5,12H2,(H,13,15). The molecule has 16 heavy (non-hydrogen) atoms. The number of carbonyl (C=O) groups excluding carboxylic acids is 1. The Morgan fingerprint density at radius 1 is 1.44 bits per heavy atom. The molecule has 1 heterocycles. The summed E-state index contributed by atoms with van der Waals surface area (Å²) in [5.41, 5.74) is 7.45. The molecule has 1 aliphatic rings. The van der Waals surface area contributed by atoms with Crippen molar-refractivity contribution in [3.05, 3.63) is 29.3 Å². The second kappa shape index (κ2) is 4.21. The predicted octanol–water partition coefficient (Wildman–Crippen LogP) is -0.466. The zero-order valence-corrected chi connectivity index (χ0v) is 8.68. The third-order valence-corrected chi connectivity index (χ3v) is 2.70. The molecule has 1 aromatic rings. The Hall–Kier alpha value is -1.43. The Kier molecular flexibility index (Phi) is 2.91. The van der Waals surface area contributed by atoms with Gasteiger partial charge >= 0.3 is 0 Å². The van der Waals surface area contributed by atoms with Gasteiger partial charge in [-0.15, -0.1) is 0 Å².